The van der Waals surface area contributed by atoms with Crippen molar-refractivity contribution in [1.82, 2.24) is 15.3 Å². The van der Waals surface area contributed by atoms with Crippen LogP contribution in [0.2, 0.25) is 0 Å². The van der Waals surface area contributed by atoms with Crippen LogP contribution in [0.25, 0.3) is 27.9 Å². The van der Waals surface area contributed by atoms with E-state index in [9.17, 15) is 4.79 Å². The average Bonchev–Trinajstić information content (AvgIpc) is 2.89. The zero-order valence-electron chi connectivity index (χ0n) is 12.2. The molecule has 2 heterocycles. The van der Waals surface area contributed by atoms with Crippen LogP contribution in [0.5, 0.6) is 0 Å². The molecule has 2 aromatic heterocycles. The highest BCUT2D eigenvalue weighted by molar-refractivity contribution is 6.07. The zero-order chi connectivity index (χ0) is 15.5. The van der Waals surface area contributed by atoms with Crippen molar-refractivity contribution in [3.63, 3.8) is 0 Å². The van der Waals surface area contributed by atoms with E-state index in [4.69, 9.17) is 5.11 Å². The van der Waals surface area contributed by atoms with Crippen molar-refractivity contribution in [2.75, 3.05) is 6.54 Å². The van der Waals surface area contributed by atoms with E-state index in [2.05, 4.69) is 21.4 Å². The van der Waals surface area contributed by atoms with Crippen molar-refractivity contribution >= 4 is 33.8 Å². The fourth-order valence-electron chi connectivity index (χ4n) is 2.33. The molecule has 3 N–H and O–H groups in total. The number of fused-ring (bicyclic) bond motifs is 3. The van der Waals surface area contributed by atoms with E-state index in [-0.39, 0.29) is 12.5 Å². The summed E-state index contributed by atoms with van der Waals surface area (Å²) < 4.78 is 0. The molecule has 0 fully saturated rings. The van der Waals surface area contributed by atoms with Gasteiger partial charge in [-0.1, -0.05) is 18.2 Å². The van der Waals surface area contributed by atoms with E-state index in [0.29, 0.717) is 5.69 Å². The van der Waals surface area contributed by atoms with Crippen molar-refractivity contribution in [2.45, 2.75) is 13.0 Å². The van der Waals surface area contributed by atoms with E-state index in [0.717, 1.165) is 21.8 Å². The molecule has 0 aliphatic rings. The molecule has 5 heteroatoms. The molecule has 0 saturated heterocycles. The van der Waals surface area contributed by atoms with Gasteiger partial charge in [0.2, 0.25) is 5.91 Å². The highest BCUT2D eigenvalue weighted by Crippen LogP contribution is 2.25. The number of aromatic amines is 1. The molecule has 1 unspecified atom stereocenters. The van der Waals surface area contributed by atoms with Crippen LogP contribution in [0.4, 0.5) is 0 Å². The van der Waals surface area contributed by atoms with Gasteiger partial charge in [0, 0.05) is 28.9 Å². The number of pyridine rings is 1. The zero-order valence-corrected chi connectivity index (χ0v) is 12.2. The first-order valence-corrected chi connectivity index (χ1v) is 7.14. The second kappa shape index (κ2) is 5.99. The van der Waals surface area contributed by atoms with Crippen molar-refractivity contribution in [3.05, 3.63) is 48.3 Å². The van der Waals surface area contributed by atoms with Gasteiger partial charge >= 0.3 is 0 Å². The maximum Gasteiger partial charge on any atom is 0.244 e. The molecular formula is C17H17N3O2. The maximum atomic E-state index is 11.6. The van der Waals surface area contributed by atoms with Gasteiger partial charge < -0.3 is 15.4 Å². The largest absolute Gasteiger partial charge is 0.392 e. The Bertz CT molecular complexity index is 849. The van der Waals surface area contributed by atoms with Crippen molar-refractivity contribution < 1.29 is 9.90 Å². The molecule has 0 aliphatic heterocycles. The molecule has 3 aromatic rings. The number of hydrogen-bond acceptors (Lipinski definition) is 3. The summed E-state index contributed by atoms with van der Waals surface area (Å²) in [6.45, 7) is 1.86. The lowest BCUT2D eigenvalue weighted by Gasteiger charge is -2.03. The van der Waals surface area contributed by atoms with Crippen LogP contribution in [0, 0.1) is 0 Å². The van der Waals surface area contributed by atoms with Crippen molar-refractivity contribution in [3.8, 4) is 0 Å². The van der Waals surface area contributed by atoms with Crippen LogP contribution < -0.4 is 5.32 Å². The number of nitrogens with zero attached hydrogens (tertiary/aromatic N) is 1. The van der Waals surface area contributed by atoms with Gasteiger partial charge in [0.15, 0.2) is 0 Å². The number of nitrogens with one attached hydrogen (secondary N) is 2. The van der Waals surface area contributed by atoms with E-state index in [1.54, 1.807) is 19.2 Å². The Morgan fingerprint density at radius 1 is 1.36 bits per heavy atom. The van der Waals surface area contributed by atoms with Gasteiger partial charge in [0.05, 0.1) is 23.5 Å². The first kappa shape index (κ1) is 14.3. The molecule has 0 bridgehead atoms. The lowest BCUT2D eigenvalue weighted by molar-refractivity contribution is -0.116. The van der Waals surface area contributed by atoms with E-state index < -0.39 is 6.10 Å². The third kappa shape index (κ3) is 2.99. The minimum Gasteiger partial charge on any atom is -0.392 e. The Balaban J connectivity index is 1.85. The highest BCUT2D eigenvalue weighted by Gasteiger charge is 2.04. The van der Waals surface area contributed by atoms with Crippen LogP contribution >= 0.6 is 0 Å². The molecule has 22 heavy (non-hydrogen) atoms. The molecule has 0 radical (unpaired) electrons. The first-order chi connectivity index (χ1) is 10.6. The Labute approximate surface area is 127 Å². The minimum atomic E-state index is -0.557. The van der Waals surface area contributed by atoms with Crippen molar-refractivity contribution in [1.29, 1.82) is 0 Å². The molecule has 1 amide bonds. The lowest BCUT2D eigenvalue weighted by atomic mass is 10.1. The van der Waals surface area contributed by atoms with Gasteiger partial charge in [-0.05, 0) is 25.1 Å². The normalized spacial score (nSPS) is 13.0. The van der Waals surface area contributed by atoms with Gasteiger partial charge in [-0.2, -0.15) is 0 Å². The van der Waals surface area contributed by atoms with Gasteiger partial charge in [0.1, 0.15) is 0 Å². The minimum absolute atomic E-state index is 0.234. The van der Waals surface area contributed by atoms with Gasteiger partial charge in [-0.25, -0.2) is 0 Å². The SMILES string of the molecule is CC(O)CNC(=O)/C=C/c1cc2c(cn1)[nH]c1ccccc12. The van der Waals surface area contributed by atoms with Gasteiger partial charge in [-0.3, -0.25) is 9.78 Å². The summed E-state index contributed by atoms with van der Waals surface area (Å²) in [7, 11) is 0. The summed E-state index contributed by atoms with van der Waals surface area (Å²) in [4.78, 5) is 19.2. The fraction of sp³-hybridized carbons (Fsp3) is 0.176. The number of rotatable bonds is 4. The molecule has 5 nitrogen and oxygen atoms in total. The van der Waals surface area contributed by atoms with Gasteiger partial charge in [0.25, 0.3) is 0 Å². The van der Waals surface area contributed by atoms with Crippen LogP contribution in [-0.2, 0) is 4.79 Å². The maximum absolute atomic E-state index is 11.6. The summed E-state index contributed by atoms with van der Waals surface area (Å²) in [5.74, 6) is -0.248. The Morgan fingerprint density at radius 3 is 3.00 bits per heavy atom. The van der Waals surface area contributed by atoms with Crippen LogP contribution in [-0.4, -0.2) is 33.6 Å². The monoisotopic (exact) mass is 295 g/mol. The number of aromatic nitrogens is 2. The molecular weight excluding hydrogens is 278 g/mol. The summed E-state index contributed by atoms with van der Waals surface area (Å²) in [5.41, 5.74) is 2.75. The third-order valence-electron chi connectivity index (χ3n) is 3.39. The molecule has 112 valence electrons. The summed E-state index contributed by atoms with van der Waals surface area (Å²) >= 11 is 0. The predicted molar refractivity (Wildman–Crippen MR) is 87.3 cm³/mol. The number of carbonyl (C=O) groups excluding carboxylic acids is 1. The average molecular weight is 295 g/mol. The molecule has 0 aliphatic carbocycles. The number of H-pyrrole nitrogens is 1. The summed E-state index contributed by atoms with van der Waals surface area (Å²) in [6, 6.07) is 10.0. The number of para-hydroxylation sites is 1. The molecule has 0 saturated carbocycles. The highest BCUT2D eigenvalue weighted by atomic mass is 16.3. The number of aliphatic hydroxyl groups excluding tert-OH is 1. The quantitative estimate of drug-likeness (QED) is 0.646. The number of aliphatic hydroxyl groups is 1. The molecule has 1 aromatic carbocycles. The fourth-order valence-corrected chi connectivity index (χ4v) is 2.33. The number of carbonyl (C=O) groups is 1. The first-order valence-electron chi connectivity index (χ1n) is 7.14. The molecule has 0 spiro atoms. The predicted octanol–water partition coefficient (Wildman–Crippen LogP) is 2.23. The smallest absolute Gasteiger partial charge is 0.244 e. The number of amides is 1. The van der Waals surface area contributed by atoms with Crippen LogP contribution in [0.3, 0.4) is 0 Å². The third-order valence-corrected chi connectivity index (χ3v) is 3.39. The second-order valence-corrected chi connectivity index (χ2v) is 5.25. The van der Waals surface area contributed by atoms with E-state index in [1.807, 2.05) is 24.3 Å². The topological polar surface area (TPSA) is 78.0 Å². The Hall–Kier alpha value is -2.66. The standard InChI is InChI=1S/C17H17N3O2/c1-11(21)9-19-17(22)7-6-12-8-14-13-4-2-3-5-15(13)20-16(14)10-18-12/h2-8,10-11,20-21H,9H2,1H3,(H,19,22)/b7-6+. The summed E-state index contributed by atoms with van der Waals surface area (Å²) in [6.07, 6.45) is 4.30. The number of benzene rings is 1. The summed E-state index contributed by atoms with van der Waals surface area (Å²) in [5, 5.41) is 13.9. The van der Waals surface area contributed by atoms with Crippen LogP contribution in [0.1, 0.15) is 12.6 Å². The van der Waals surface area contributed by atoms with Crippen molar-refractivity contribution in [2.24, 2.45) is 0 Å². The lowest BCUT2D eigenvalue weighted by Crippen LogP contribution is -2.28. The Morgan fingerprint density at radius 2 is 2.18 bits per heavy atom. The number of hydrogen-bond donors (Lipinski definition) is 3. The van der Waals surface area contributed by atoms with E-state index in [1.165, 1.54) is 6.08 Å². The second-order valence-electron chi connectivity index (χ2n) is 5.25. The Kier molecular flexibility index (Phi) is 3.89. The van der Waals surface area contributed by atoms with Crippen LogP contribution in [0.15, 0.2) is 42.6 Å². The van der Waals surface area contributed by atoms with E-state index >= 15 is 0 Å². The molecule has 1 atom stereocenters. The van der Waals surface area contributed by atoms with Gasteiger partial charge in [-0.15, -0.1) is 0 Å². The molecule has 3 rings (SSSR count).